The van der Waals surface area contributed by atoms with E-state index in [0.29, 0.717) is 23.7 Å². The van der Waals surface area contributed by atoms with Crippen molar-refractivity contribution in [3.63, 3.8) is 0 Å². The van der Waals surface area contributed by atoms with E-state index in [2.05, 4.69) is 16.0 Å². The van der Waals surface area contributed by atoms with Crippen LogP contribution in [0.1, 0.15) is 36.5 Å². The van der Waals surface area contributed by atoms with Gasteiger partial charge in [-0.15, -0.1) is 0 Å². The van der Waals surface area contributed by atoms with Crippen LogP contribution in [0.4, 0.5) is 5.69 Å². The molecule has 1 aliphatic heterocycles. The van der Waals surface area contributed by atoms with Crippen molar-refractivity contribution in [3.8, 4) is 0 Å². The molecule has 0 saturated carbocycles. The van der Waals surface area contributed by atoms with Gasteiger partial charge in [-0.3, -0.25) is 9.59 Å². The number of benzene rings is 1. The largest absolute Gasteiger partial charge is 0.352 e. The van der Waals surface area contributed by atoms with Crippen molar-refractivity contribution in [2.75, 3.05) is 25.0 Å². The van der Waals surface area contributed by atoms with Gasteiger partial charge in [0.2, 0.25) is 5.91 Å². The van der Waals surface area contributed by atoms with Crippen molar-refractivity contribution in [2.45, 2.75) is 26.2 Å². The molecule has 5 nitrogen and oxygen atoms in total. The molecule has 2 amide bonds. The van der Waals surface area contributed by atoms with Crippen LogP contribution < -0.4 is 16.0 Å². The zero-order valence-electron chi connectivity index (χ0n) is 12.4. The lowest BCUT2D eigenvalue weighted by Gasteiger charge is -2.22. The monoisotopic (exact) mass is 289 g/mol. The molecule has 1 aromatic carbocycles. The van der Waals surface area contributed by atoms with E-state index in [1.54, 1.807) is 24.3 Å². The number of hydrogen-bond acceptors (Lipinski definition) is 3. The molecular weight excluding hydrogens is 266 g/mol. The molecule has 0 spiro atoms. The standard InChI is InChI=1S/C16H23N3O2/c1-12(20)19-15-6-4-14(5-7-15)16(21)18-10-8-13-3-2-9-17-11-13/h4-7,13,17H,2-3,8-11H2,1H3,(H,18,21)(H,19,20). The molecule has 1 atom stereocenters. The van der Waals surface area contributed by atoms with Gasteiger partial charge in [-0.1, -0.05) is 0 Å². The minimum absolute atomic E-state index is 0.0619. The Labute approximate surface area is 125 Å². The number of nitrogens with one attached hydrogen (secondary N) is 3. The Balaban J connectivity index is 1.75. The summed E-state index contributed by atoms with van der Waals surface area (Å²) < 4.78 is 0. The van der Waals surface area contributed by atoms with Gasteiger partial charge in [0.25, 0.3) is 5.91 Å². The van der Waals surface area contributed by atoms with Gasteiger partial charge in [-0.2, -0.15) is 0 Å². The van der Waals surface area contributed by atoms with E-state index < -0.39 is 0 Å². The molecule has 1 aromatic rings. The van der Waals surface area contributed by atoms with Crippen molar-refractivity contribution in [1.82, 2.24) is 10.6 Å². The minimum atomic E-state index is -0.117. The third kappa shape index (κ3) is 5.19. The van der Waals surface area contributed by atoms with Gasteiger partial charge in [-0.05, 0) is 62.5 Å². The molecule has 3 N–H and O–H groups in total. The summed E-state index contributed by atoms with van der Waals surface area (Å²) in [6.07, 6.45) is 3.49. The summed E-state index contributed by atoms with van der Waals surface area (Å²) >= 11 is 0. The third-order valence-electron chi connectivity index (χ3n) is 3.70. The van der Waals surface area contributed by atoms with Gasteiger partial charge < -0.3 is 16.0 Å². The zero-order valence-corrected chi connectivity index (χ0v) is 12.4. The summed E-state index contributed by atoms with van der Waals surface area (Å²) in [5.41, 5.74) is 1.32. The molecule has 1 saturated heterocycles. The predicted molar refractivity (Wildman–Crippen MR) is 83.3 cm³/mol. The zero-order chi connectivity index (χ0) is 15.1. The minimum Gasteiger partial charge on any atom is -0.352 e. The van der Waals surface area contributed by atoms with Crippen LogP contribution in [0.15, 0.2) is 24.3 Å². The Hall–Kier alpha value is -1.88. The van der Waals surface area contributed by atoms with Crippen LogP contribution in [0.25, 0.3) is 0 Å². The molecule has 0 radical (unpaired) electrons. The maximum Gasteiger partial charge on any atom is 0.251 e. The topological polar surface area (TPSA) is 70.2 Å². The summed E-state index contributed by atoms with van der Waals surface area (Å²) in [4.78, 5) is 22.9. The molecule has 1 unspecified atom stereocenters. The molecule has 1 aliphatic rings. The fourth-order valence-electron chi connectivity index (χ4n) is 2.57. The summed E-state index contributed by atoms with van der Waals surface area (Å²) in [6.45, 7) is 4.34. The lowest BCUT2D eigenvalue weighted by atomic mass is 9.96. The van der Waals surface area contributed by atoms with Crippen LogP contribution in [0.5, 0.6) is 0 Å². The Morgan fingerprint density at radius 3 is 2.67 bits per heavy atom. The number of amides is 2. The first-order valence-electron chi connectivity index (χ1n) is 7.52. The first-order valence-corrected chi connectivity index (χ1v) is 7.52. The summed E-state index contributed by atoms with van der Waals surface area (Å²) in [5.74, 6) is 0.489. The lowest BCUT2D eigenvalue weighted by molar-refractivity contribution is -0.114. The van der Waals surface area contributed by atoms with Crippen molar-refractivity contribution in [3.05, 3.63) is 29.8 Å². The van der Waals surface area contributed by atoms with Crippen molar-refractivity contribution >= 4 is 17.5 Å². The van der Waals surface area contributed by atoms with Gasteiger partial charge >= 0.3 is 0 Å². The SMILES string of the molecule is CC(=O)Nc1ccc(C(=O)NCCC2CCCNC2)cc1. The average Bonchev–Trinajstić information content (AvgIpc) is 2.48. The number of carbonyl (C=O) groups is 2. The Kier molecular flexibility index (Phi) is 5.75. The second kappa shape index (κ2) is 7.78. The van der Waals surface area contributed by atoms with Crippen LogP contribution in [0.2, 0.25) is 0 Å². The van der Waals surface area contributed by atoms with Gasteiger partial charge in [0.15, 0.2) is 0 Å². The second-order valence-corrected chi connectivity index (χ2v) is 5.52. The fraction of sp³-hybridized carbons (Fsp3) is 0.500. The van der Waals surface area contributed by atoms with E-state index in [1.807, 2.05) is 0 Å². The number of rotatable bonds is 5. The molecule has 114 valence electrons. The van der Waals surface area contributed by atoms with Gasteiger partial charge in [0.05, 0.1) is 0 Å². The molecule has 5 heteroatoms. The highest BCUT2D eigenvalue weighted by atomic mass is 16.2. The molecule has 0 aliphatic carbocycles. The Morgan fingerprint density at radius 2 is 2.05 bits per heavy atom. The number of piperidine rings is 1. The van der Waals surface area contributed by atoms with Gasteiger partial charge in [0, 0.05) is 24.7 Å². The number of carbonyl (C=O) groups excluding carboxylic acids is 2. The first-order chi connectivity index (χ1) is 10.1. The molecular formula is C16H23N3O2. The second-order valence-electron chi connectivity index (χ2n) is 5.52. The van der Waals surface area contributed by atoms with Crippen LogP contribution >= 0.6 is 0 Å². The highest BCUT2D eigenvalue weighted by Crippen LogP contribution is 2.13. The highest BCUT2D eigenvalue weighted by molar-refractivity contribution is 5.95. The van der Waals surface area contributed by atoms with Crippen molar-refractivity contribution in [2.24, 2.45) is 5.92 Å². The summed E-state index contributed by atoms with van der Waals surface area (Å²) in [7, 11) is 0. The highest BCUT2D eigenvalue weighted by Gasteiger charge is 2.13. The Morgan fingerprint density at radius 1 is 1.29 bits per heavy atom. The molecule has 21 heavy (non-hydrogen) atoms. The van der Waals surface area contributed by atoms with E-state index in [1.165, 1.54) is 19.8 Å². The smallest absolute Gasteiger partial charge is 0.251 e. The first kappa shape index (κ1) is 15.5. The van der Waals surface area contributed by atoms with Crippen LogP contribution in [0, 0.1) is 5.92 Å². The molecule has 1 heterocycles. The average molecular weight is 289 g/mol. The molecule has 0 aromatic heterocycles. The summed E-state index contributed by atoms with van der Waals surface area (Å²) in [6, 6.07) is 6.92. The Bertz CT molecular complexity index is 479. The van der Waals surface area contributed by atoms with E-state index in [0.717, 1.165) is 19.5 Å². The van der Waals surface area contributed by atoms with Gasteiger partial charge in [0.1, 0.15) is 0 Å². The molecule has 1 fully saturated rings. The maximum atomic E-state index is 12.0. The van der Waals surface area contributed by atoms with Crippen LogP contribution in [0.3, 0.4) is 0 Å². The normalized spacial score (nSPS) is 18.0. The maximum absolute atomic E-state index is 12.0. The van der Waals surface area contributed by atoms with E-state index >= 15 is 0 Å². The number of hydrogen-bond donors (Lipinski definition) is 3. The quantitative estimate of drug-likeness (QED) is 0.773. The third-order valence-corrected chi connectivity index (χ3v) is 3.70. The molecule has 2 rings (SSSR count). The van der Waals surface area contributed by atoms with E-state index in [4.69, 9.17) is 0 Å². The predicted octanol–water partition coefficient (Wildman–Crippen LogP) is 1.76. The summed E-state index contributed by atoms with van der Waals surface area (Å²) in [5, 5.41) is 9.01. The van der Waals surface area contributed by atoms with Gasteiger partial charge in [-0.25, -0.2) is 0 Å². The number of anilines is 1. The van der Waals surface area contributed by atoms with E-state index in [-0.39, 0.29) is 11.8 Å². The lowest BCUT2D eigenvalue weighted by Crippen LogP contribution is -2.33. The fourth-order valence-corrected chi connectivity index (χ4v) is 2.57. The van der Waals surface area contributed by atoms with Crippen molar-refractivity contribution < 1.29 is 9.59 Å². The van der Waals surface area contributed by atoms with Crippen molar-refractivity contribution in [1.29, 1.82) is 0 Å². The van der Waals surface area contributed by atoms with Crippen LogP contribution in [-0.4, -0.2) is 31.4 Å². The molecule has 0 bridgehead atoms. The van der Waals surface area contributed by atoms with Crippen LogP contribution in [-0.2, 0) is 4.79 Å². The van der Waals surface area contributed by atoms with E-state index in [9.17, 15) is 9.59 Å².